The van der Waals surface area contributed by atoms with E-state index >= 15 is 0 Å². The first kappa shape index (κ1) is 8.47. The number of thiazole rings is 1. The first-order valence-corrected chi connectivity index (χ1v) is 4.92. The molecule has 4 heteroatoms. The Kier molecular flexibility index (Phi) is 2.42. The van der Waals surface area contributed by atoms with E-state index in [1.54, 1.807) is 17.5 Å². The van der Waals surface area contributed by atoms with E-state index in [-0.39, 0.29) is 0 Å². The summed E-state index contributed by atoms with van der Waals surface area (Å²) in [5.41, 5.74) is 5.43. The van der Waals surface area contributed by atoms with Gasteiger partial charge >= 0.3 is 0 Å². The van der Waals surface area contributed by atoms with Gasteiger partial charge in [0.05, 0.1) is 18.0 Å². The maximum Gasteiger partial charge on any atom is 0.117 e. The topological polar surface area (TPSA) is 52.0 Å². The molecular weight excluding hydrogens is 184 g/mol. The van der Waals surface area contributed by atoms with Gasteiger partial charge in [-0.15, -0.1) is 11.3 Å². The lowest BCUT2D eigenvalue weighted by Gasteiger charge is -1.91. The maximum atomic E-state index is 5.45. The lowest BCUT2D eigenvalue weighted by molar-refractivity contribution is 0.475. The van der Waals surface area contributed by atoms with Crippen molar-refractivity contribution in [1.29, 1.82) is 0 Å². The van der Waals surface area contributed by atoms with Gasteiger partial charge in [-0.25, -0.2) is 4.98 Å². The van der Waals surface area contributed by atoms with Crippen LogP contribution < -0.4 is 5.73 Å². The van der Waals surface area contributed by atoms with Gasteiger partial charge in [-0.05, 0) is 12.1 Å². The minimum absolute atomic E-state index is 0.456. The Morgan fingerprint density at radius 3 is 2.85 bits per heavy atom. The van der Waals surface area contributed by atoms with Gasteiger partial charge in [-0.2, -0.15) is 0 Å². The number of hydrogen-bond donors (Lipinski definition) is 1. The molecule has 0 aliphatic rings. The van der Waals surface area contributed by atoms with Crippen LogP contribution in [0.25, 0.3) is 0 Å². The second kappa shape index (κ2) is 3.72. The van der Waals surface area contributed by atoms with Crippen molar-refractivity contribution in [3.63, 3.8) is 0 Å². The molecular formula is C9H10N2OS. The summed E-state index contributed by atoms with van der Waals surface area (Å²) in [5, 5.41) is 3.03. The molecule has 2 aromatic rings. The van der Waals surface area contributed by atoms with Crippen LogP contribution in [-0.2, 0) is 13.0 Å². The summed E-state index contributed by atoms with van der Waals surface area (Å²) in [6.45, 7) is 0.456. The van der Waals surface area contributed by atoms with Gasteiger partial charge in [0.25, 0.3) is 0 Å². The summed E-state index contributed by atoms with van der Waals surface area (Å²) in [5.74, 6) is 1.75. The first-order valence-electron chi connectivity index (χ1n) is 4.04. The van der Waals surface area contributed by atoms with E-state index in [9.17, 15) is 0 Å². The van der Waals surface area contributed by atoms with Gasteiger partial charge in [-0.3, -0.25) is 0 Å². The molecule has 0 aliphatic carbocycles. The number of hydrogen-bond acceptors (Lipinski definition) is 4. The molecule has 0 aromatic carbocycles. The Labute approximate surface area is 80.2 Å². The average Bonchev–Trinajstić information content (AvgIpc) is 2.76. The lowest BCUT2D eigenvalue weighted by Crippen LogP contribution is -1.92. The zero-order valence-corrected chi connectivity index (χ0v) is 7.88. The monoisotopic (exact) mass is 194 g/mol. The summed E-state index contributed by atoms with van der Waals surface area (Å²) in [6, 6.07) is 3.85. The molecule has 0 atom stereocenters. The predicted molar refractivity (Wildman–Crippen MR) is 51.5 cm³/mol. The molecule has 0 aliphatic heterocycles. The SMILES string of the molecule is NCc1ccc(Cc2nccs2)o1. The highest BCUT2D eigenvalue weighted by Gasteiger charge is 2.03. The minimum Gasteiger partial charge on any atom is -0.464 e. The highest BCUT2D eigenvalue weighted by Crippen LogP contribution is 2.14. The van der Waals surface area contributed by atoms with E-state index in [1.165, 1.54) is 0 Å². The fourth-order valence-electron chi connectivity index (χ4n) is 1.12. The number of nitrogens with zero attached hydrogens (tertiary/aromatic N) is 1. The van der Waals surface area contributed by atoms with Gasteiger partial charge in [0.15, 0.2) is 0 Å². The molecule has 3 nitrogen and oxygen atoms in total. The molecule has 2 aromatic heterocycles. The van der Waals surface area contributed by atoms with Gasteiger partial charge in [-0.1, -0.05) is 0 Å². The van der Waals surface area contributed by atoms with E-state index in [0.717, 1.165) is 22.9 Å². The minimum atomic E-state index is 0.456. The van der Waals surface area contributed by atoms with E-state index in [0.29, 0.717) is 6.54 Å². The molecule has 0 amide bonds. The molecule has 68 valence electrons. The van der Waals surface area contributed by atoms with Crippen LogP contribution in [0.4, 0.5) is 0 Å². The second-order valence-electron chi connectivity index (χ2n) is 2.67. The van der Waals surface area contributed by atoms with Crippen molar-refractivity contribution in [2.45, 2.75) is 13.0 Å². The summed E-state index contributed by atoms with van der Waals surface area (Å²) >= 11 is 1.63. The Morgan fingerprint density at radius 1 is 1.38 bits per heavy atom. The Morgan fingerprint density at radius 2 is 2.23 bits per heavy atom. The third-order valence-corrected chi connectivity index (χ3v) is 2.51. The number of furan rings is 1. The van der Waals surface area contributed by atoms with Crippen molar-refractivity contribution in [3.8, 4) is 0 Å². The molecule has 2 N–H and O–H groups in total. The quantitative estimate of drug-likeness (QED) is 0.810. The number of nitrogens with two attached hydrogens (primary N) is 1. The van der Waals surface area contributed by atoms with E-state index in [1.807, 2.05) is 17.5 Å². The van der Waals surface area contributed by atoms with Crippen molar-refractivity contribution >= 4 is 11.3 Å². The first-order chi connectivity index (χ1) is 6.38. The fourth-order valence-corrected chi connectivity index (χ4v) is 1.74. The summed E-state index contributed by atoms with van der Waals surface area (Å²) in [7, 11) is 0. The van der Waals surface area contributed by atoms with Crippen LogP contribution in [0.1, 0.15) is 16.5 Å². The van der Waals surface area contributed by atoms with Crippen LogP contribution in [-0.4, -0.2) is 4.98 Å². The Balaban J connectivity index is 2.10. The summed E-state index contributed by atoms with van der Waals surface area (Å²) in [6.07, 6.45) is 2.56. The van der Waals surface area contributed by atoms with Gasteiger partial charge < -0.3 is 10.2 Å². The van der Waals surface area contributed by atoms with Crippen LogP contribution in [0.5, 0.6) is 0 Å². The van der Waals surface area contributed by atoms with Gasteiger partial charge in [0.1, 0.15) is 11.5 Å². The van der Waals surface area contributed by atoms with E-state index < -0.39 is 0 Å². The molecule has 0 unspecified atom stereocenters. The molecule has 2 rings (SSSR count). The van der Waals surface area contributed by atoms with Gasteiger partial charge in [0, 0.05) is 11.6 Å². The summed E-state index contributed by atoms with van der Waals surface area (Å²) < 4.78 is 5.45. The van der Waals surface area contributed by atoms with Crippen molar-refractivity contribution in [2.24, 2.45) is 5.73 Å². The molecule has 0 fully saturated rings. The number of aromatic nitrogens is 1. The average molecular weight is 194 g/mol. The standard InChI is InChI=1S/C9H10N2OS/c10-6-8-2-1-7(12-8)5-9-11-3-4-13-9/h1-4H,5-6,10H2. The lowest BCUT2D eigenvalue weighted by atomic mass is 10.3. The molecule has 2 heterocycles. The predicted octanol–water partition coefficient (Wildman–Crippen LogP) is 1.79. The zero-order chi connectivity index (χ0) is 9.10. The normalized spacial score (nSPS) is 10.5. The Bertz CT molecular complexity index is 367. The van der Waals surface area contributed by atoms with Crippen molar-refractivity contribution in [1.82, 2.24) is 4.98 Å². The van der Waals surface area contributed by atoms with Crippen LogP contribution in [0.2, 0.25) is 0 Å². The summed E-state index contributed by atoms with van der Waals surface area (Å²) in [4.78, 5) is 4.17. The van der Waals surface area contributed by atoms with Gasteiger partial charge in [0.2, 0.25) is 0 Å². The van der Waals surface area contributed by atoms with E-state index in [4.69, 9.17) is 10.2 Å². The van der Waals surface area contributed by atoms with Crippen molar-refractivity contribution in [2.75, 3.05) is 0 Å². The highest BCUT2D eigenvalue weighted by atomic mass is 32.1. The molecule has 0 saturated carbocycles. The Hall–Kier alpha value is -1.13. The molecule has 13 heavy (non-hydrogen) atoms. The largest absolute Gasteiger partial charge is 0.464 e. The molecule has 0 saturated heterocycles. The number of rotatable bonds is 3. The third-order valence-electron chi connectivity index (χ3n) is 1.73. The van der Waals surface area contributed by atoms with Crippen LogP contribution in [0.15, 0.2) is 28.1 Å². The highest BCUT2D eigenvalue weighted by molar-refractivity contribution is 7.09. The van der Waals surface area contributed by atoms with E-state index in [2.05, 4.69) is 4.98 Å². The molecule has 0 radical (unpaired) electrons. The van der Waals surface area contributed by atoms with Crippen LogP contribution in [0.3, 0.4) is 0 Å². The smallest absolute Gasteiger partial charge is 0.117 e. The zero-order valence-electron chi connectivity index (χ0n) is 7.06. The van der Waals surface area contributed by atoms with Crippen molar-refractivity contribution < 1.29 is 4.42 Å². The maximum absolute atomic E-state index is 5.45. The third kappa shape index (κ3) is 1.96. The van der Waals surface area contributed by atoms with Crippen molar-refractivity contribution in [3.05, 3.63) is 40.2 Å². The van der Waals surface area contributed by atoms with Crippen LogP contribution >= 0.6 is 11.3 Å². The second-order valence-corrected chi connectivity index (χ2v) is 3.65. The molecule has 0 spiro atoms. The molecule has 0 bridgehead atoms. The van der Waals surface area contributed by atoms with Crippen LogP contribution in [0, 0.1) is 0 Å². The fraction of sp³-hybridized carbons (Fsp3) is 0.222.